The van der Waals surface area contributed by atoms with Crippen molar-refractivity contribution in [2.24, 2.45) is 4.99 Å². The number of rotatable bonds is 7. The van der Waals surface area contributed by atoms with Gasteiger partial charge in [0.25, 0.3) is 11.5 Å². The Morgan fingerprint density at radius 3 is 2.49 bits per heavy atom. The highest BCUT2D eigenvalue weighted by atomic mass is 35.5. The molecule has 0 bridgehead atoms. The Hall–Kier alpha value is -3.68. The maximum atomic E-state index is 14.1. The molecule has 0 aliphatic carbocycles. The van der Waals surface area contributed by atoms with Gasteiger partial charge in [-0.3, -0.25) is 14.2 Å². The van der Waals surface area contributed by atoms with E-state index in [4.69, 9.17) is 16.6 Å². The SMILES string of the molecule is C=CCn1c(C)c(/C=c2/sc3n(c2=O)[C@H](c2ccc(Cl)cc2)C(C(=O)N(CC)CC)=C(C)N=3)c2ccccc21. The number of nitrogens with zero attached hydrogens (tertiary/aromatic N) is 4. The zero-order valence-corrected chi connectivity index (χ0v) is 24.1. The number of thiazole rings is 1. The number of amides is 1. The van der Waals surface area contributed by atoms with Gasteiger partial charge in [0.05, 0.1) is 21.8 Å². The van der Waals surface area contributed by atoms with E-state index in [9.17, 15) is 9.59 Å². The highest BCUT2D eigenvalue weighted by molar-refractivity contribution is 7.07. The molecule has 39 heavy (non-hydrogen) atoms. The highest BCUT2D eigenvalue weighted by Gasteiger charge is 2.34. The summed E-state index contributed by atoms with van der Waals surface area (Å²) in [5, 5.41) is 1.67. The normalized spacial score (nSPS) is 15.4. The summed E-state index contributed by atoms with van der Waals surface area (Å²) in [7, 11) is 0. The van der Waals surface area contributed by atoms with Crippen LogP contribution in [-0.2, 0) is 11.3 Å². The van der Waals surface area contributed by atoms with E-state index in [1.807, 2.05) is 57.2 Å². The minimum Gasteiger partial charge on any atom is -0.340 e. The predicted molar refractivity (Wildman–Crippen MR) is 160 cm³/mol. The third kappa shape index (κ3) is 4.60. The lowest BCUT2D eigenvalue weighted by Gasteiger charge is -2.29. The predicted octanol–water partition coefficient (Wildman–Crippen LogP) is 5.21. The molecule has 1 atom stereocenters. The molecular formula is C31H31ClN4O2S. The van der Waals surface area contributed by atoms with Gasteiger partial charge in [0.1, 0.15) is 0 Å². The lowest BCUT2D eigenvalue weighted by atomic mass is 9.94. The Kier molecular flexibility index (Phi) is 7.47. The Balaban J connectivity index is 1.77. The maximum absolute atomic E-state index is 14.1. The maximum Gasteiger partial charge on any atom is 0.271 e. The highest BCUT2D eigenvalue weighted by Crippen LogP contribution is 2.32. The zero-order valence-electron chi connectivity index (χ0n) is 22.6. The third-order valence-electron chi connectivity index (χ3n) is 7.36. The number of hydrogen-bond donors (Lipinski definition) is 0. The van der Waals surface area contributed by atoms with Gasteiger partial charge in [-0.1, -0.05) is 59.3 Å². The average Bonchev–Trinajstić information content (AvgIpc) is 3.38. The number of allylic oxidation sites excluding steroid dienone is 2. The van der Waals surface area contributed by atoms with Crippen molar-refractivity contribution in [1.29, 1.82) is 0 Å². The van der Waals surface area contributed by atoms with Gasteiger partial charge in [0.15, 0.2) is 4.80 Å². The van der Waals surface area contributed by atoms with Crippen LogP contribution in [0.5, 0.6) is 0 Å². The number of likely N-dealkylation sites (N-methyl/N-ethyl adjacent to an activating group) is 1. The van der Waals surface area contributed by atoms with E-state index in [-0.39, 0.29) is 11.5 Å². The van der Waals surface area contributed by atoms with Crippen LogP contribution in [0.15, 0.2) is 82.2 Å². The Bertz CT molecular complexity index is 1800. The molecule has 0 saturated carbocycles. The summed E-state index contributed by atoms with van der Waals surface area (Å²) >= 11 is 7.55. The van der Waals surface area contributed by atoms with E-state index in [2.05, 4.69) is 30.2 Å². The van der Waals surface area contributed by atoms with Gasteiger partial charge < -0.3 is 9.47 Å². The molecule has 1 aliphatic rings. The Morgan fingerprint density at radius 2 is 1.82 bits per heavy atom. The second-order valence-electron chi connectivity index (χ2n) is 9.53. The summed E-state index contributed by atoms with van der Waals surface area (Å²) in [4.78, 5) is 35.0. The van der Waals surface area contributed by atoms with Crippen molar-refractivity contribution in [2.45, 2.75) is 40.3 Å². The van der Waals surface area contributed by atoms with Crippen LogP contribution in [0.1, 0.15) is 43.6 Å². The van der Waals surface area contributed by atoms with Crippen LogP contribution in [0.4, 0.5) is 0 Å². The molecule has 5 rings (SSSR count). The van der Waals surface area contributed by atoms with E-state index in [0.29, 0.717) is 45.3 Å². The van der Waals surface area contributed by atoms with Gasteiger partial charge >= 0.3 is 0 Å². The molecule has 0 spiro atoms. The molecule has 1 amide bonds. The molecule has 6 nitrogen and oxygen atoms in total. The molecule has 200 valence electrons. The Labute approximate surface area is 236 Å². The summed E-state index contributed by atoms with van der Waals surface area (Å²) < 4.78 is 4.44. The number of halogens is 1. The van der Waals surface area contributed by atoms with Crippen LogP contribution in [0.25, 0.3) is 17.0 Å². The van der Waals surface area contributed by atoms with Gasteiger partial charge in [-0.15, -0.1) is 6.58 Å². The minimum atomic E-state index is -0.600. The van der Waals surface area contributed by atoms with Crippen molar-refractivity contribution < 1.29 is 4.79 Å². The number of carbonyl (C=O) groups excluding carboxylic acids is 1. The minimum absolute atomic E-state index is 0.112. The van der Waals surface area contributed by atoms with E-state index < -0.39 is 6.04 Å². The van der Waals surface area contributed by atoms with Crippen molar-refractivity contribution in [1.82, 2.24) is 14.0 Å². The molecule has 0 saturated heterocycles. The van der Waals surface area contributed by atoms with Gasteiger partial charge in [0, 0.05) is 46.8 Å². The Morgan fingerprint density at radius 1 is 1.13 bits per heavy atom. The summed E-state index contributed by atoms with van der Waals surface area (Å²) in [5.41, 5.74) is 4.93. The molecule has 3 heterocycles. The molecule has 0 N–H and O–H groups in total. The van der Waals surface area contributed by atoms with Gasteiger partial charge in [-0.25, -0.2) is 4.99 Å². The average molecular weight is 559 g/mol. The molecule has 2 aromatic heterocycles. The van der Waals surface area contributed by atoms with E-state index in [1.165, 1.54) is 11.3 Å². The number of para-hydroxylation sites is 1. The van der Waals surface area contributed by atoms with Crippen LogP contribution < -0.4 is 14.9 Å². The molecule has 4 aromatic rings. The smallest absolute Gasteiger partial charge is 0.271 e. The quantitative estimate of drug-likeness (QED) is 0.293. The first-order chi connectivity index (χ1) is 18.8. The monoisotopic (exact) mass is 558 g/mol. The zero-order chi connectivity index (χ0) is 27.8. The van der Waals surface area contributed by atoms with Gasteiger partial charge in [0.2, 0.25) is 0 Å². The third-order valence-corrected chi connectivity index (χ3v) is 8.59. The van der Waals surface area contributed by atoms with E-state index >= 15 is 0 Å². The van der Waals surface area contributed by atoms with Crippen LogP contribution in [0, 0.1) is 6.92 Å². The summed E-state index contributed by atoms with van der Waals surface area (Å²) in [6.45, 7) is 13.5. The first kappa shape index (κ1) is 26.9. The second kappa shape index (κ2) is 10.8. The molecule has 0 radical (unpaired) electrons. The van der Waals surface area contributed by atoms with Crippen molar-refractivity contribution in [3.8, 4) is 0 Å². The molecular weight excluding hydrogens is 528 g/mol. The molecule has 1 aliphatic heterocycles. The fourth-order valence-corrected chi connectivity index (χ4v) is 6.53. The van der Waals surface area contributed by atoms with Crippen molar-refractivity contribution in [3.63, 3.8) is 0 Å². The van der Waals surface area contributed by atoms with Crippen molar-refractivity contribution in [3.05, 3.63) is 114 Å². The number of carbonyl (C=O) groups is 1. The largest absolute Gasteiger partial charge is 0.340 e. The van der Waals surface area contributed by atoms with Crippen LogP contribution in [0.2, 0.25) is 5.02 Å². The fraction of sp³-hybridized carbons (Fsp3) is 0.258. The second-order valence-corrected chi connectivity index (χ2v) is 11.0. The summed E-state index contributed by atoms with van der Waals surface area (Å²) in [5.74, 6) is -0.112. The first-order valence-corrected chi connectivity index (χ1v) is 14.3. The lowest BCUT2D eigenvalue weighted by molar-refractivity contribution is -0.127. The van der Waals surface area contributed by atoms with Crippen LogP contribution >= 0.6 is 22.9 Å². The standard InChI is InChI=1S/C31H31ClN4O2S/c1-6-17-35-20(5)24(23-11-9-10-12-25(23)35)18-26-29(37)36-28(21-13-15-22(32)16-14-21)27(19(4)33-31(36)39-26)30(38)34(7-2)8-3/h6,9-16,18,28H,1,7-8,17H2,2-5H3/b26-18+/t28-/m1/s1. The molecule has 8 heteroatoms. The number of fused-ring (bicyclic) bond motifs is 2. The van der Waals surface area contributed by atoms with E-state index in [1.54, 1.807) is 21.6 Å². The molecule has 0 unspecified atom stereocenters. The molecule has 2 aromatic carbocycles. The van der Waals surface area contributed by atoms with Crippen LogP contribution in [0.3, 0.4) is 0 Å². The van der Waals surface area contributed by atoms with Gasteiger partial charge in [-0.2, -0.15) is 0 Å². The number of benzene rings is 2. The lowest BCUT2D eigenvalue weighted by Crippen LogP contribution is -2.43. The van der Waals surface area contributed by atoms with Crippen LogP contribution in [-0.4, -0.2) is 33.0 Å². The van der Waals surface area contributed by atoms with Crippen molar-refractivity contribution >= 4 is 45.8 Å². The topological polar surface area (TPSA) is 59.6 Å². The number of hydrogen-bond acceptors (Lipinski definition) is 4. The van der Waals surface area contributed by atoms with Gasteiger partial charge in [-0.05, 0) is 57.5 Å². The molecule has 0 fully saturated rings. The fourth-order valence-electron chi connectivity index (χ4n) is 5.37. The number of aromatic nitrogens is 2. The summed E-state index contributed by atoms with van der Waals surface area (Å²) in [6, 6.07) is 14.9. The first-order valence-electron chi connectivity index (χ1n) is 13.1. The van der Waals surface area contributed by atoms with Crippen molar-refractivity contribution in [2.75, 3.05) is 13.1 Å². The van der Waals surface area contributed by atoms with E-state index in [0.717, 1.165) is 27.7 Å². The summed E-state index contributed by atoms with van der Waals surface area (Å²) in [6.07, 6.45) is 3.84.